The summed E-state index contributed by atoms with van der Waals surface area (Å²) in [7, 11) is 1.78. The Labute approximate surface area is 150 Å². The molecule has 1 fully saturated rings. The minimum atomic E-state index is -0.321. The lowest BCUT2D eigenvalue weighted by atomic mass is 10.2. The average molecular weight is 355 g/mol. The molecule has 4 nitrogen and oxygen atoms in total. The Morgan fingerprint density at radius 2 is 1.65 bits per heavy atom. The molecule has 4 rings (SSSR count). The van der Waals surface area contributed by atoms with Crippen LogP contribution in [0.2, 0.25) is 0 Å². The van der Waals surface area contributed by atoms with Gasteiger partial charge < -0.3 is 14.4 Å². The fourth-order valence-electron chi connectivity index (χ4n) is 3.51. The molecule has 0 aliphatic carbocycles. The molecule has 0 atom stereocenters. The molecule has 2 aromatic carbocycles. The Morgan fingerprint density at radius 3 is 2.31 bits per heavy atom. The van der Waals surface area contributed by atoms with Crippen LogP contribution in [0.25, 0.3) is 10.9 Å². The second-order valence-electron chi connectivity index (χ2n) is 6.52. The second-order valence-corrected chi connectivity index (χ2v) is 6.52. The third kappa shape index (κ3) is 2.81. The summed E-state index contributed by atoms with van der Waals surface area (Å²) in [6, 6.07) is 12.9. The summed E-state index contributed by atoms with van der Waals surface area (Å²) >= 11 is 0. The van der Waals surface area contributed by atoms with Crippen molar-refractivity contribution in [3.63, 3.8) is 0 Å². The van der Waals surface area contributed by atoms with E-state index in [1.807, 2.05) is 6.07 Å². The summed E-state index contributed by atoms with van der Waals surface area (Å²) in [5.41, 5.74) is 2.14. The highest BCUT2D eigenvalue weighted by atomic mass is 19.1. The van der Waals surface area contributed by atoms with Gasteiger partial charge in [0.05, 0.1) is 5.52 Å². The quantitative estimate of drug-likeness (QED) is 0.705. The van der Waals surface area contributed by atoms with Crippen molar-refractivity contribution in [2.24, 2.45) is 7.05 Å². The third-order valence-corrected chi connectivity index (χ3v) is 5.01. The molecule has 2 heterocycles. The van der Waals surface area contributed by atoms with E-state index in [0.29, 0.717) is 42.8 Å². The van der Waals surface area contributed by atoms with Crippen molar-refractivity contribution in [3.05, 3.63) is 65.9 Å². The van der Waals surface area contributed by atoms with Crippen molar-refractivity contribution in [2.75, 3.05) is 31.1 Å². The summed E-state index contributed by atoms with van der Waals surface area (Å²) in [6.45, 7) is 2.49. The Bertz CT molecular complexity index is 957. The predicted octanol–water partition coefficient (Wildman–Crippen LogP) is 3.42. The van der Waals surface area contributed by atoms with Gasteiger partial charge in [0, 0.05) is 44.3 Å². The number of nitrogens with zero attached hydrogens (tertiary/aromatic N) is 3. The van der Waals surface area contributed by atoms with E-state index in [4.69, 9.17) is 0 Å². The number of fused-ring (bicyclic) bond motifs is 1. The lowest BCUT2D eigenvalue weighted by molar-refractivity contribution is 0.0737. The Kier molecular flexibility index (Phi) is 4.11. The van der Waals surface area contributed by atoms with E-state index >= 15 is 0 Å². The summed E-state index contributed by atoms with van der Waals surface area (Å²) in [5.74, 6) is -0.675. The van der Waals surface area contributed by atoms with Crippen LogP contribution in [-0.2, 0) is 7.05 Å². The molecule has 6 heteroatoms. The summed E-state index contributed by atoms with van der Waals surface area (Å²) in [5, 5.41) is 0.461. The van der Waals surface area contributed by atoms with E-state index in [1.54, 1.807) is 40.8 Å². The van der Waals surface area contributed by atoms with Crippen molar-refractivity contribution in [2.45, 2.75) is 0 Å². The number of aromatic nitrogens is 1. The Hall–Kier alpha value is -2.89. The van der Waals surface area contributed by atoms with Crippen LogP contribution in [0.5, 0.6) is 0 Å². The van der Waals surface area contributed by atoms with Gasteiger partial charge in [-0.2, -0.15) is 0 Å². The Balaban J connectivity index is 1.51. The highest BCUT2D eigenvalue weighted by Crippen LogP contribution is 2.23. The lowest BCUT2D eigenvalue weighted by Crippen LogP contribution is -2.49. The summed E-state index contributed by atoms with van der Waals surface area (Å²) in [4.78, 5) is 16.8. The summed E-state index contributed by atoms with van der Waals surface area (Å²) < 4.78 is 28.8. The maximum absolute atomic E-state index is 14.0. The molecule has 3 aromatic rings. The molecule has 0 radical (unpaired) electrons. The van der Waals surface area contributed by atoms with E-state index in [1.165, 1.54) is 18.2 Å². The van der Waals surface area contributed by atoms with Gasteiger partial charge in [-0.25, -0.2) is 8.78 Å². The van der Waals surface area contributed by atoms with Crippen LogP contribution in [0.15, 0.2) is 48.5 Å². The highest BCUT2D eigenvalue weighted by molar-refractivity contribution is 5.99. The van der Waals surface area contributed by atoms with Crippen LogP contribution in [0, 0.1) is 11.6 Å². The highest BCUT2D eigenvalue weighted by Gasteiger charge is 2.25. The first-order chi connectivity index (χ1) is 12.5. The fourth-order valence-corrected chi connectivity index (χ4v) is 3.51. The SMILES string of the molecule is Cn1c(C(=O)N2CCN(c3ccc(F)cc3)CC2)cc2c(F)cccc21. The van der Waals surface area contributed by atoms with E-state index in [-0.39, 0.29) is 17.5 Å². The normalized spacial score (nSPS) is 14.9. The second kappa shape index (κ2) is 6.44. The molecule has 134 valence electrons. The number of aryl methyl sites for hydroxylation is 1. The van der Waals surface area contributed by atoms with Crippen molar-refractivity contribution < 1.29 is 13.6 Å². The van der Waals surface area contributed by atoms with Crippen LogP contribution >= 0.6 is 0 Å². The number of hydrogen-bond donors (Lipinski definition) is 0. The van der Waals surface area contributed by atoms with Crippen LogP contribution in [0.1, 0.15) is 10.5 Å². The molecule has 0 N–H and O–H groups in total. The summed E-state index contributed by atoms with van der Waals surface area (Å²) in [6.07, 6.45) is 0. The largest absolute Gasteiger partial charge is 0.368 e. The molecule has 1 saturated heterocycles. The number of rotatable bonds is 2. The molecule has 1 amide bonds. The molecule has 26 heavy (non-hydrogen) atoms. The third-order valence-electron chi connectivity index (χ3n) is 5.01. The number of benzene rings is 2. The molecule has 0 saturated carbocycles. The maximum Gasteiger partial charge on any atom is 0.270 e. The average Bonchev–Trinajstić information content (AvgIpc) is 3.00. The van der Waals surface area contributed by atoms with Crippen molar-refractivity contribution in [1.29, 1.82) is 0 Å². The van der Waals surface area contributed by atoms with Gasteiger partial charge >= 0.3 is 0 Å². The molecule has 0 bridgehead atoms. The van der Waals surface area contributed by atoms with Crippen LogP contribution in [-0.4, -0.2) is 41.6 Å². The Morgan fingerprint density at radius 1 is 0.962 bits per heavy atom. The number of amides is 1. The first-order valence-electron chi connectivity index (χ1n) is 8.58. The zero-order valence-electron chi connectivity index (χ0n) is 14.5. The smallest absolute Gasteiger partial charge is 0.270 e. The number of halogens is 2. The number of piperazine rings is 1. The van der Waals surface area contributed by atoms with Gasteiger partial charge in [-0.3, -0.25) is 4.79 Å². The van der Waals surface area contributed by atoms with Crippen molar-refractivity contribution >= 4 is 22.5 Å². The van der Waals surface area contributed by atoms with Gasteiger partial charge in [-0.15, -0.1) is 0 Å². The lowest BCUT2D eigenvalue weighted by Gasteiger charge is -2.36. The van der Waals surface area contributed by atoms with Gasteiger partial charge in [-0.05, 0) is 42.5 Å². The molecular formula is C20H19F2N3O. The van der Waals surface area contributed by atoms with Gasteiger partial charge in [-0.1, -0.05) is 6.07 Å². The van der Waals surface area contributed by atoms with E-state index < -0.39 is 0 Å². The maximum atomic E-state index is 14.0. The van der Waals surface area contributed by atoms with Gasteiger partial charge in [0.1, 0.15) is 17.3 Å². The zero-order valence-corrected chi connectivity index (χ0v) is 14.5. The monoisotopic (exact) mass is 355 g/mol. The van der Waals surface area contributed by atoms with Crippen LogP contribution < -0.4 is 4.90 Å². The van der Waals surface area contributed by atoms with Gasteiger partial charge in [0.25, 0.3) is 5.91 Å². The minimum Gasteiger partial charge on any atom is -0.368 e. The molecule has 0 unspecified atom stereocenters. The van der Waals surface area contributed by atoms with Crippen molar-refractivity contribution in [1.82, 2.24) is 9.47 Å². The number of carbonyl (C=O) groups is 1. The van der Waals surface area contributed by atoms with Gasteiger partial charge in [0.2, 0.25) is 0 Å². The predicted molar refractivity (Wildman–Crippen MR) is 97.4 cm³/mol. The molecule has 0 spiro atoms. The van der Waals surface area contributed by atoms with Gasteiger partial charge in [0.15, 0.2) is 0 Å². The van der Waals surface area contributed by atoms with Crippen molar-refractivity contribution in [3.8, 4) is 0 Å². The fraction of sp³-hybridized carbons (Fsp3) is 0.250. The topological polar surface area (TPSA) is 28.5 Å². The number of anilines is 1. The molecule has 1 aliphatic rings. The van der Waals surface area contributed by atoms with Crippen LogP contribution in [0.4, 0.5) is 14.5 Å². The van der Waals surface area contributed by atoms with E-state index in [0.717, 1.165) is 5.69 Å². The minimum absolute atomic E-state index is 0.0955. The first kappa shape index (κ1) is 16.6. The van der Waals surface area contributed by atoms with E-state index in [2.05, 4.69) is 4.90 Å². The number of carbonyl (C=O) groups excluding carboxylic acids is 1. The zero-order chi connectivity index (χ0) is 18.3. The molecule has 1 aliphatic heterocycles. The molecular weight excluding hydrogens is 336 g/mol. The first-order valence-corrected chi connectivity index (χ1v) is 8.58. The number of hydrogen-bond acceptors (Lipinski definition) is 2. The molecule has 1 aromatic heterocycles. The van der Waals surface area contributed by atoms with E-state index in [9.17, 15) is 13.6 Å². The standard InChI is InChI=1S/C20H19F2N3O/c1-23-18-4-2-3-17(22)16(18)13-19(23)20(26)25-11-9-24(10-12-25)15-7-5-14(21)6-8-15/h2-8,13H,9-12H2,1H3. The van der Waals surface area contributed by atoms with Crippen LogP contribution in [0.3, 0.4) is 0 Å².